The van der Waals surface area contributed by atoms with E-state index in [1.807, 2.05) is 6.07 Å². The van der Waals surface area contributed by atoms with E-state index >= 15 is 0 Å². The highest BCUT2D eigenvalue weighted by atomic mass is 19.1. The predicted molar refractivity (Wildman–Crippen MR) is 91.8 cm³/mol. The topological polar surface area (TPSA) is 43.4 Å². The number of carbonyl (C=O) groups excluding carboxylic acids is 2. The number of rotatable bonds is 5. The highest BCUT2D eigenvalue weighted by molar-refractivity contribution is 6.14. The fraction of sp³-hybridized carbons (Fsp3) is 0.0476. The summed E-state index contributed by atoms with van der Waals surface area (Å²) in [6.45, 7) is 0.00692. The van der Waals surface area contributed by atoms with Crippen LogP contribution >= 0.6 is 0 Å². The molecule has 3 nitrogen and oxygen atoms in total. The van der Waals surface area contributed by atoms with E-state index in [9.17, 15) is 14.0 Å². The summed E-state index contributed by atoms with van der Waals surface area (Å²) in [6, 6.07) is 21.0. The van der Waals surface area contributed by atoms with Gasteiger partial charge in [-0.05, 0) is 23.8 Å². The van der Waals surface area contributed by atoms with Crippen molar-refractivity contribution < 1.29 is 18.7 Å². The monoisotopic (exact) mass is 334 g/mol. The first kappa shape index (κ1) is 16.6. The zero-order chi connectivity index (χ0) is 17.6. The maximum absolute atomic E-state index is 12.9. The van der Waals surface area contributed by atoms with Crippen LogP contribution in [0.1, 0.15) is 31.8 Å². The quantitative estimate of drug-likeness (QED) is 0.513. The van der Waals surface area contributed by atoms with Crippen molar-refractivity contribution in [3.8, 4) is 0 Å². The zero-order valence-corrected chi connectivity index (χ0v) is 13.3. The Labute approximate surface area is 144 Å². The van der Waals surface area contributed by atoms with Crippen LogP contribution in [-0.2, 0) is 11.3 Å². The average Bonchev–Trinajstić information content (AvgIpc) is 2.67. The van der Waals surface area contributed by atoms with Gasteiger partial charge in [0.15, 0.2) is 5.78 Å². The van der Waals surface area contributed by atoms with Gasteiger partial charge < -0.3 is 4.74 Å². The van der Waals surface area contributed by atoms with E-state index in [1.54, 1.807) is 60.7 Å². The summed E-state index contributed by atoms with van der Waals surface area (Å²) in [5.74, 6) is -1.19. The number of esters is 1. The lowest BCUT2D eigenvalue weighted by Gasteiger charge is -2.09. The Hall–Kier alpha value is -3.27. The average molecular weight is 334 g/mol. The lowest BCUT2D eigenvalue weighted by Crippen LogP contribution is -2.12. The van der Waals surface area contributed by atoms with Crippen molar-refractivity contribution in [1.29, 1.82) is 0 Å². The van der Waals surface area contributed by atoms with Crippen LogP contribution in [0.5, 0.6) is 0 Å². The Morgan fingerprint density at radius 1 is 0.760 bits per heavy atom. The second-order valence-electron chi connectivity index (χ2n) is 5.44. The number of hydrogen-bond donors (Lipinski definition) is 0. The van der Waals surface area contributed by atoms with Gasteiger partial charge in [0, 0.05) is 11.1 Å². The van der Waals surface area contributed by atoms with Crippen molar-refractivity contribution in [1.82, 2.24) is 0 Å². The van der Waals surface area contributed by atoms with Gasteiger partial charge in [0.1, 0.15) is 12.4 Å². The fourth-order valence-electron chi connectivity index (χ4n) is 2.41. The van der Waals surface area contributed by atoms with Crippen molar-refractivity contribution in [2.45, 2.75) is 6.61 Å². The van der Waals surface area contributed by atoms with Crippen LogP contribution in [0.4, 0.5) is 4.39 Å². The zero-order valence-electron chi connectivity index (χ0n) is 13.3. The number of halogens is 1. The third-order valence-corrected chi connectivity index (χ3v) is 3.71. The molecule has 0 aliphatic heterocycles. The minimum absolute atomic E-state index is 0.00692. The van der Waals surface area contributed by atoms with Gasteiger partial charge in [-0.25, -0.2) is 9.18 Å². The smallest absolute Gasteiger partial charge is 0.339 e. The standard InChI is InChI=1S/C21H15FO3/c22-17-12-10-15(11-13-17)14-25-21(24)19-9-5-4-8-18(19)20(23)16-6-2-1-3-7-16/h1-13H,14H2. The molecular formula is C21H15FO3. The van der Waals surface area contributed by atoms with Crippen LogP contribution in [-0.4, -0.2) is 11.8 Å². The number of hydrogen-bond acceptors (Lipinski definition) is 3. The van der Waals surface area contributed by atoms with E-state index in [0.717, 1.165) is 0 Å². The van der Waals surface area contributed by atoms with Crippen LogP contribution < -0.4 is 0 Å². The highest BCUT2D eigenvalue weighted by Gasteiger charge is 2.18. The molecule has 3 aromatic carbocycles. The number of ether oxygens (including phenoxy) is 1. The first-order chi connectivity index (χ1) is 12.1. The highest BCUT2D eigenvalue weighted by Crippen LogP contribution is 2.16. The summed E-state index contributed by atoms with van der Waals surface area (Å²) in [5.41, 5.74) is 1.67. The molecule has 0 spiro atoms. The minimum atomic E-state index is -0.593. The summed E-state index contributed by atoms with van der Waals surface area (Å²) in [6.07, 6.45) is 0. The Bertz CT molecular complexity index is 887. The third-order valence-electron chi connectivity index (χ3n) is 3.71. The molecule has 0 bridgehead atoms. The Kier molecular flexibility index (Phi) is 5.00. The molecule has 3 rings (SSSR count). The molecule has 124 valence electrons. The Morgan fingerprint density at radius 3 is 2.04 bits per heavy atom. The van der Waals surface area contributed by atoms with Gasteiger partial charge in [-0.2, -0.15) is 0 Å². The molecule has 3 aromatic rings. The Morgan fingerprint density at radius 2 is 1.36 bits per heavy atom. The molecule has 0 saturated heterocycles. The lowest BCUT2D eigenvalue weighted by molar-refractivity contribution is 0.0470. The summed E-state index contributed by atoms with van der Waals surface area (Å²) >= 11 is 0. The Balaban J connectivity index is 1.79. The summed E-state index contributed by atoms with van der Waals surface area (Å²) in [4.78, 5) is 25.0. The van der Waals surface area contributed by atoms with Gasteiger partial charge in [-0.15, -0.1) is 0 Å². The van der Waals surface area contributed by atoms with Crippen molar-refractivity contribution in [3.05, 3.63) is 107 Å². The van der Waals surface area contributed by atoms with Gasteiger partial charge in [-0.1, -0.05) is 60.7 Å². The number of benzene rings is 3. The molecule has 0 aromatic heterocycles. The third kappa shape index (κ3) is 3.98. The van der Waals surface area contributed by atoms with Crippen LogP contribution in [0.25, 0.3) is 0 Å². The molecule has 0 heterocycles. The molecule has 0 aliphatic carbocycles. The van der Waals surface area contributed by atoms with Gasteiger partial charge in [0.25, 0.3) is 0 Å². The van der Waals surface area contributed by atoms with Crippen molar-refractivity contribution in [2.24, 2.45) is 0 Å². The lowest BCUT2D eigenvalue weighted by atomic mass is 9.98. The normalized spacial score (nSPS) is 10.3. The molecule has 0 amide bonds. The molecule has 0 saturated carbocycles. The summed E-state index contributed by atoms with van der Waals surface area (Å²) in [7, 11) is 0. The van der Waals surface area contributed by atoms with Crippen molar-refractivity contribution in [2.75, 3.05) is 0 Å². The molecule has 0 atom stereocenters. The van der Waals surface area contributed by atoms with E-state index in [4.69, 9.17) is 4.74 Å². The molecule has 0 N–H and O–H groups in total. The van der Waals surface area contributed by atoms with Crippen molar-refractivity contribution in [3.63, 3.8) is 0 Å². The van der Waals surface area contributed by atoms with Gasteiger partial charge in [0.05, 0.1) is 5.56 Å². The van der Waals surface area contributed by atoms with Crippen LogP contribution in [0.2, 0.25) is 0 Å². The van der Waals surface area contributed by atoms with Crippen LogP contribution in [0.3, 0.4) is 0 Å². The van der Waals surface area contributed by atoms with E-state index in [2.05, 4.69) is 0 Å². The van der Waals surface area contributed by atoms with Crippen LogP contribution in [0.15, 0.2) is 78.9 Å². The second kappa shape index (κ2) is 7.53. The largest absolute Gasteiger partial charge is 0.457 e. The molecule has 0 fully saturated rings. The van der Waals surface area contributed by atoms with Crippen LogP contribution in [0, 0.1) is 5.82 Å². The maximum Gasteiger partial charge on any atom is 0.339 e. The van der Waals surface area contributed by atoms with E-state index in [0.29, 0.717) is 11.1 Å². The molecular weight excluding hydrogens is 319 g/mol. The van der Waals surface area contributed by atoms with E-state index < -0.39 is 5.97 Å². The van der Waals surface area contributed by atoms with E-state index in [-0.39, 0.29) is 29.3 Å². The fourth-order valence-corrected chi connectivity index (χ4v) is 2.41. The molecule has 0 aliphatic rings. The van der Waals surface area contributed by atoms with E-state index in [1.165, 1.54) is 12.1 Å². The number of carbonyl (C=O) groups is 2. The first-order valence-corrected chi connectivity index (χ1v) is 7.75. The number of ketones is 1. The second-order valence-corrected chi connectivity index (χ2v) is 5.44. The molecule has 0 unspecified atom stereocenters. The summed E-state index contributed by atoms with van der Waals surface area (Å²) < 4.78 is 18.2. The van der Waals surface area contributed by atoms with Gasteiger partial charge in [0.2, 0.25) is 0 Å². The molecule has 4 heteroatoms. The SMILES string of the molecule is O=C(OCc1ccc(F)cc1)c1ccccc1C(=O)c1ccccc1. The molecule has 0 radical (unpaired) electrons. The minimum Gasteiger partial charge on any atom is -0.457 e. The van der Waals surface area contributed by atoms with Gasteiger partial charge >= 0.3 is 5.97 Å². The van der Waals surface area contributed by atoms with Crippen molar-refractivity contribution >= 4 is 11.8 Å². The molecule has 25 heavy (non-hydrogen) atoms. The first-order valence-electron chi connectivity index (χ1n) is 7.75. The maximum atomic E-state index is 12.9. The predicted octanol–water partition coefficient (Wildman–Crippen LogP) is 4.41. The van der Waals surface area contributed by atoms with Gasteiger partial charge in [-0.3, -0.25) is 4.79 Å². The summed E-state index contributed by atoms with van der Waals surface area (Å²) in [5, 5.41) is 0.